The van der Waals surface area contributed by atoms with Gasteiger partial charge in [-0.2, -0.15) is 0 Å². The van der Waals surface area contributed by atoms with Crippen molar-refractivity contribution in [2.75, 3.05) is 0 Å². The summed E-state index contributed by atoms with van der Waals surface area (Å²) >= 11 is 0. The Kier molecular flexibility index (Phi) is 3.85. The molecule has 0 fully saturated rings. The molecule has 0 saturated carbocycles. The summed E-state index contributed by atoms with van der Waals surface area (Å²) in [4.78, 5) is 9.97. The van der Waals surface area contributed by atoms with Gasteiger partial charge in [0.05, 0.1) is 4.92 Å². The molecule has 0 bridgehead atoms. The van der Waals surface area contributed by atoms with E-state index >= 15 is 0 Å². The second-order valence-electron chi connectivity index (χ2n) is 3.04. The lowest BCUT2D eigenvalue weighted by atomic mass is 10.2. The van der Waals surface area contributed by atoms with Crippen LogP contribution in [0.2, 0.25) is 0 Å². The molecular formula is C11H13NO2. The van der Waals surface area contributed by atoms with Crippen LogP contribution < -0.4 is 0 Å². The summed E-state index contributed by atoms with van der Waals surface area (Å²) in [6.45, 7) is 2.11. The molecule has 0 aliphatic heterocycles. The second-order valence-corrected chi connectivity index (χ2v) is 3.04. The van der Waals surface area contributed by atoms with E-state index in [-0.39, 0.29) is 10.6 Å². The number of allylic oxidation sites excluding steroid dienone is 1. The average molecular weight is 191 g/mol. The van der Waals surface area contributed by atoms with E-state index in [4.69, 9.17) is 0 Å². The molecule has 0 unspecified atom stereocenters. The van der Waals surface area contributed by atoms with Gasteiger partial charge in [0.2, 0.25) is 0 Å². The molecule has 14 heavy (non-hydrogen) atoms. The first-order valence-corrected chi connectivity index (χ1v) is 4.65. The first-order valence-electron chi connectivity index (χ1n) is 4.65. The largest absolute Gasteiger partial charge is 0.269 e. The second kappa shape index (κ2) is 5.17. The standard InChI is InChI=1S/C11H13NO2/c1-2-3-4-5-10-6-8-11(9-7-10)12(13)14/h4-9H,2-3H2,1H3/b5-4+. The van der Waals surface area contributed by atoms with Gasteiger partial charge in [0.15, 0.2) is 0 Å². The number of nitro benzene ring substituents is 1. The maximum atomic E-state index is 10.4. The highest BCUT2D eigenvalue weighted by molar-refractivity contribution is 5.51. The quantitative estimate of drug-likeness (QED) is 0.540. The number of unbranched alkanes of at least 4 members (excludes halogenated alkanes) is 1. The number of non-ortho nitro benzene ring substituents is 1. The van der Waals surface area contributed by atoms with Crippen molar-refractivity contribution in [1.82, 2.24) is 0 Å². The molecule has 1 aromatic carbocycles. The molecule has 74 valence electrons. The fourth-order valence-corrected chi connectivity index (χ4v) is 1.09. The van der Waals surface area contributed by atoms with Crippen LogP contribution in [0.25, 0.3) is 6.08 Å². The summed E-state index contributed by atoms with van der Waals surface area (Å²) in [5.41, 5.74) is 1.14. The van der Waals surface area contributed by atoms with E-state index in [1.165, 1.54) is 12.1 Å². The molecule has 0 amide bonds. The minimum Gasteiger partial charge on any atom is -0.258 e. The molecular weight excluding hydrogens is 178 g/mol. The van der Waals surface area contributed by atoms with Gasteiger partial charge in [-0.25, -0.2) is 0 Å². The highest BCUT2D eigenvalue weighted by atomic mass is 16.6. The summed E-state index contributed by atoms with van der Waals surface area (Å²) in [7, 11) is 0. The number of hydrogen-bond donors (Lipinski definition) is 0. The van der Waals surface area contributed by atoms with Crippen LogP contribution >= 0.6 is 0 Å². The minimum atomic E-state index is -0.389. The van der Waals surface area contributed by atoms with Gasteiger partial charge in [0, 0.05) is 12.1 Å². The number of hydrogen-bond acceptors (Lipinski definition) is 2. The third kappa shape index (κ3) is 3.01. The van der Waals surface area contributed by atoms with E-state index in [1.54, 1.807) is 12.1 Å². The topological polar surface area (TPSA) is 43.1 Å². The Bertz CT molecular complexity index is 328. The van der Waals surface area contributed by atoms with Crippen LogP contribution in [0.4, 0.5) is 5.69 Å². The van der Waals surface area contributed by atoms with Crippen molar-refractivity contribution in [2.24, 2.45) is 0 Å². The van der Waals surface area contributed by atoms with Crippen LogP contribution in [-0.4, -0.2) is 4.92 Å². The first-order chi connectivity index (χ1) is 6.74. The Morgan fingerprint density at radius 3 is 2.50 bits per heavy atom. The van der Waals surface area contributed by atoms with Gasteiger partial charge < -0.3 is 0 Å². The van der Waals surface area contributed by atoms with Gasteiger partial charge in [-0.1, -0.05) is 25.5 Å². The molecule has 0 spiro atoms. The zero-order chi connectivity index (χ0) is 10.4. The van der Waals surface area contributed by atoms with Crippen LogP contribution in [0.3, 0.4) is 0 Å². The van der Waals surface area contributed by atoms with Crippen LogP contribution in [0, 0.1) is 10.1 Å². The van der Waals surface area contributed by atoms with Gasteiger partial charge >= 0.3 is 0 Å². The molecule has 1 rings (SSSR count). The highest BCUT2D eigenvalue weighted by Crippen LogP contribution is 2.13. The number of nitro groups is 1. The first kappa shape index (κ1) is 10.4. The third-order valence-corrected chi connectivity index (χ3v) is 1.87. The van der Waals surface area contributed by atoms with Gasteiger partial charge in [-0.05, 0) is 24.1 Å². The fourth-order valence-electron chi connectivity index (χ4n) is 1.09. The molecule has 0 saturated heterocycles. The zero-order valence-electron chi connectivity index (χ0n) is 8.14. The van der Waals surface area contributed by atoms with E-state index in [0.29, 0.717) is 0 Å². The SMILES string of the molecule is CCC/C=C/c1ccc([N+](=O)[O-])cc1. The minimum absolute atomic E-state index is 0.137. The van der Waals surface area contributed by atoms with Gasteiger partial charge in [-0.15, -0.1) is 0 Å². The Morgan fingerprint density at radius 2 is 2.00 bits per heavy atom. The number of rotatable bonds is 4. The molecule has 0 radical (unpaired) electrons. The smallest absolute Gasteiger partial charge is 0.258 e. The molecule has 0 aromatic heterocycles. The summed E-state index contributed by atoms with van der Waals surface area (Å²) < 4.78 is 0. The van der Waals surface area contributed by atoms with E-state index < -0.39 is 0 Å². The van der Waals surface area contributed by atoms with Crippen molar-refractivity contribution in [2.45, 2.75) is 19.8 Å². The van der Waals surface area contributed by atoms with Gasteiger partial charge in [0.1, 0.15) is 0 Å². The molecule has 0 aliphatic rings. The molecule has 3 nitrogen and oxygen atoms in total. The summed E-state index contributed by atoms with van der Waals surface area (Å²) in [6.07, 6.45) is 6.20. The Labute approximate surface area is 83.2 Å². The maximum Gasteiger partial charge on any atom is 0.269 e. The molecule has 0 atom stereocenters. The molecule has 0 aliphatic carbocycles. The van der Waals surface area contributed by atoms with Crippen LogP contribution in [0.5, 0.6) is 0 Å². The van der Waals surface area contributed by atoms with Gasteiger partial charge in [0.25, 0.3) is 5.69 Å². The van der Waals surface area contributed by atoms with Crippen molar-refractivity contribution in [3.63, 3.8) is 0 Å². The van der Waals surface area contributed by atoms with Crippen LogP contribution in [0.1, 0.15) is 25.3 Å². The lowest BCUT2D eigenvalue weighted by Gasteiger charge is -1.93. The molecule has 0 heterocycles. The van der Waals surface area contributed by atoms with E-state index in [1.807, 2.05) is 6.08 Å². The molecule has 0 N–H and O–H groups in total. The summed E-state index contributed by atoms with van der Waals surface area (Å²) in [5, 5.41) is 10.4. The van der Waals surface area contributed by atoms with Crippen LogP contribution in [0.15, 0.2) is 30.3 Å². The van der Waals surface area contributed by atoms with E-state index in [9.17, 15) is 10.1 Å². The zero-order valence-corrected chi connectivity index (χ0v) is 8.14. The fraction of sp³-hybridized carbons (Fsp3) is 0.273. The Morgan fingerprint density at radius 1 is 1.36 bits per heavy atom. The van der Waals surface area contributed by atoms with Crippen molar-refractivity contribution < 1.29 is 4.92 Å². The Balaban J connectivity index is 2.68. The van der Waals surface area contributed by atoms with Crippen LogP contribution in [-0.2, 0) is 0 Å². The summed E-state index contributed by atoms with van der Waals surface area (Å²) in [6, 6.07) is 6.55. The van der Waals surface area contributed by atoms with Crippen molar-refractivity contribution in [1.29, 1.82) is 0 Å². The van der Waals surface area contributed by atoms with Crippen molar-refractivity contribution in [3.05, 3.63) is 46.0 Å². The molecule has 3 heteroatoms. The van der Waals surface area contributed by atoms with E-state index in [2.05, 4.69) is 13.0 Å². The predicted octanol–water partition coefficient (Wildman–Crippen LogP) is 3.41. The summed E-state index contributed by atoms with van der Waals surface area (Å²) in [5.74, 6) is 0. The maximum absolute atomic E-state index is 10.4. The number of benzene rings is 1. The normalized spacial score (nSPS) is 10.6. The lowest BCUT2D eigenvalue weighted by Crippen LogP contribution is -1.86. The predicted molar refractivity (Wildman–Crippen MR) is 57.0 cm³/mol. The lowest BCUT2D eigenvalue weighted by molar-refractivity contribution is -0.384. The average Bonchev–Trinajstić information content (AvgIpc) is 2.19. The molecule has 1 aromatic rings. The van der Waals surface area contributed by atoms with E-state index in [0.717, 1.165) is 18.4 Å². The van der Waals surface area contributed by atoms with Crippen molar-refractivity contribution in [3.8, 4) is 0 Å². The number of nitrogens with zero attached hydrogens (tertiary/aromatic N) is 1. The highest BCUT2D eigenvalue weighted by Gasteiger charge is 2.01. The van der Waals surface area contributed by atoms with Gasteiger partial charge in [-0.3, -0.25) is 10.1 Å². The monoisotopic (exact) mass is 191 g/mol. The Hall–Kier alpha value is -1.64. The van der Waals surface area contributed by atoms with Crippen molar-refractivity contribution >= 4 is 11.8 Å². The third-order valence-electron chi connectivity index (χ3n) is 1.87.